The smallest absolute Gasteiger partial charge is 0.232 e. The maximum Gasteiger partial charge on any atom is 0.232 e. The fourth-order valence-corrected chi connectivity index (χ4v) is 1.10. The van der Waals surface area contributed by atoms with Crippen LogP contribution in [0, 0.1) is 5.82 Å². The number of hydrogen-bond donors (Lipinski definition) is 3. The molecule has 0 saturated carbocycles. The Morgan fingerprint density at radius 2 is 2.31 bits per heavy atom. The number of carbonyl (C=O) groups excluding carboxylic acids is 1. The van der Waals surface area contributed by atoms with E-state index in [9.17, 15) is 9.18 Å². The van der Waals surface area contributed by atoms with E-state index in [4.69, 9.17) is 22.5 Å². The van der Waals surface area contributed by atoms with Gasteiger partial charge in [-0.15, -0.1) is 0 Å². The minimum Gasteiger partial charge on any atom is -0.409 e. The highest BCUT2D eigenvalue weighted by Crippen LogP contribution is 2.18. The lowest BCUT2D eigenvalue weighted by Crippen LogP contribution is -2.22. The number of carbonyl (C=O) groups is 1. The third-order valence-electron chi connectivity index (χ3n) is 1.67. The number of hydrogen-bond acceptors (Lipinski definition) is 3. The highest BCUT2D eigenvalue weighted by molar-refractivity contribution is 6.30. The van der Waals surface area contributed by atoms with Crippen LogP contribution in [0.2, 0.25) is 5.02 Å². The van der Waals surface area contributed by atoms with E-state index in [1.807, 2.05) is 0 Å². The molecule has 1 rings (SSSR count). The van der Waals surface area contributed by atoms with Crippen molar-refractivity contribution in [2.75, 3.05) is 5.32 Å². The van der Waals surface area contributed by atoms with Crippen molar-refractivity contribution in [1.82, 2.24) is 0 Å². The molecule has 0 bridgehead atoms. The SMILES string of the molecule is NC(CC(=O)Nc1ccc(Cl)c(F)c1)=NO. The van der Waals surface area contributed by atoms with E-state index >= 15 is 0 Å². The van der Waals surface area contributed by atoms with Crippen molar-refractivity contribution in [3.05, 3.63) is 29.0 Å². The molecule has 0 aliphatic heterocycles. The summed E-state index contributed by atoms with van der Waals surface area (Å²) in [7, 11) is 0. The molecule has 1 aromatic carbocycles. The van der Waals surface area contributed by atoms with Gasteiger partial charge in [0.2, 0.25) is 5.91 Å². The van der Waals surface area contributed by atoms with E-state index < -0.39 is 11.7 Å². The summed E-state index contributed by atoms with van der Waals surface area (Å²) < 4.78 is 13.0. The van der Waals surface area contributed by atoms with Crippen molar-refractivity contribution >= 4 is 29.0 Å². The number of halogens is 2. The molecular formula is C9H9ClFN3O2. The molecular weight excluding hydrogens is 237 g/mol. The van der Waals surface area contributed by atoms with Crippen molar-refractivity contribution in [3.8, 4) is 0 Å². The maximum absolute atomic E-state index is 13.0. The fourth-order valence-electron chi connectivity index (χ4n) is 0.979. The van der Waals surface area contributed by atoms with Crippen LogP contribution in [0.25, 0.3) is 0 Å². The van der Waals surface area contributed by atoms with Gasteiger partial charge in [0.25, 0.3) is 0 Å². The Kier molecular flexibility index (Phi) is 4.07. The van der Waals surface area contributed by atoms with Crippen molar-refractivity contribution in [3.63, 3.8) is 0 Å². The van der Waals surface area contributed by atoms with Gasteiger partial charge in [-0.1, -0.05) is 16.8 Å². The third-order valence-corrected chi connectivity index (χ3v) is 1.98. The number of nitrogens with zero attached hydrogens (tertiary/aromatic N) is 1. The number of nitrogens with one attached hydrogen (secondary N) is 1. The van der Waals surface area contributed by atoms with Crippen LogP contribution in [0.5, 0.6) is 0 Å². The number of amides is 1. The molecule has 1 aromatic rings. The number of nitrogens with two attached hydrogens (primary N) is 1. The second kappa shape index (κ2) is 5.32. The molecule has 0 aromatic heterocycles. The van der Waals surface area contributed by atoms with Gasteiger partial charge in [0.15, 0.2) is 0 Å². The van der Waals surface area contributed by atoms with Crippen molar-refractivity contribution in [2.45, 2.75) is 6.42 Å². The quantitative estimate of drug-likeness (QED) is 0.327. The maximum atomic E-state index is 13.0. The van der Waals surface area contributed by atoms with Gasteiger partial charge < -0.3 is 16.3 Å². The molecule has 0 saturated heterocycles. The Morgan fingerprint density at radius 3 is 2.88 bits per heavy atom. The van der Waals surface area contributed by atoms with Crippen LogP contribution >= 0.6 is 11.6 Å². The van der Waals surface area contributed by atoms with Crippen molar-refractivity contribution < 1.29 is 14.4 Å². The second-order valence-electron chi connectivity index (χ2n) is 2.95. The molecule has 0 aliphatic carbocycles. The van der Waals surface area contributed by atoms with Crippen LogP contribution in [0.1, 0.15) is 6.42 Å². The zero-order valence-corrected chi connectivity index (χ0v) is 8.83. The first-order chi connectivity index (χ1) is 7.52. The molecule has 7 heteroatoms. The van der Waals surface area contributed by atoms with Gasteiger partial charge in [-0.25, -0.2) is 4.39 Å². The van der Waals surface area contributed by atoms with Gasteiger partial charge in [0, 0.05) is 5.69 Å². The Morgan fingerprint density at radius 1 is 1.62 bits per heavy atom. The Balaban J connectivity index is 2.66. The van der Waals surface area contributed by atoms with E-state index in [-0.39, 0.29) is 23.0 Å². The number of benzene rings is 1. The van der Waals surface area contributed by atoms with Gasteiger partial charge >= 0.3 is 0 Å². The summed E-state index contributed by atoms with van der Waals surface area (Å²) in [5, 5.41) is 13.2. The van der Waals surface area contributed by atoms with E-state index in [1.165, 1.54) is 12.1 Å². The normalized spacial score (nSPS) is 11.2. The summed E-state index contributed by atoms with van der Waals surface area (Å²) in [5.74, 6) is -1.38. The number of amidine groups is 1. The van der Waals surface area contributed by atoms with E-state index in [0.717, 1.165) is 6.07 Å². The molecule has 5 nitrogen and oxygen atoms in total. The fraction of sp³-hybridized carbons (Fsp3) is 0.111. The monoisotopic (exact) mass is 245 g/mol. The molecule has 0 fully saturated rings. The summed E-state index contributed by atoms with van der Waals surface area (Å²) in [5.41, 5.74) is 5.37. The Hall–Kier alpha value is -1.82. The van der Waals surface area contributed by atoms with Gasteiger partial charge in [0.1, 0.15) is 11.7 Å². The molecule has 0 unspecified atom stereocenters. The van der Waals surface area contributed by atoms with Crippen LogP contribution in [-0.2, 0) is 4.79 Å². The lowest BCUT2D eigenvalue weighted by atomic mass is 10.3. The minimum absolute atomic E-state index is 0.0329. The summed E-state index contributed by atoms with van der Waals surface area (Å²) in [6.07, 6.45) is -0.277. The Bertz CT molecular complexity index is 437. The second-order valence-corrected chi connectivity index (χ2v) is 3.35. The standard InChI is InChI=1S/C9H9ClFN3O2/c10-6-2-1-5(3-7(6)11)13-9(15)4-8(12)14-16/h1-3,16H,4H2,(H2,12,14)(H,13,15). The molecule has 1 amide bonds. The molecule has 16 heavy (non-hydrogen) atoms. The number of anilines is 1. The predicted octanol–water partition coefficient (Wildman–Crippen LogP) is 1.55. The largest absolute Gasteiger partial charge is 0.409 e. The Labute approximate surface area is 95.7 Å². The van der Waals surface area contributed by atoms with Gasteiger partial charge in [0.05, 0.1) is 11.4 Å². The molecule has 86 valence electrons. The van der Waals surface area contributed by atoms with Crippen molar-refractivity contribution in [1.29, 1.82) is 0 Å². The van der Waals surface area contributed by atoms with Crippen LogP contribution in [0.15, 0.2) is 23.4 Å². The average Bonchev–Trinajstić information content (AvgIpc) is 2.23. The minimum atomic E-state index is -0.636. The zero-order chi connectivity index (χ0) is 12.1. The van der Waals surface area contributed by atoms with E-state index in [1.54, 1.807) is 0 Å². The average molecular weight is 246 g/mol. The number of oxime groups is 1. The molecule has 0 aliphatic rings. The third kappa shape index (κ3) is 3.39. The summed E-state index contributed by atoms with van der Waals surface area (Å²) in [4.78, 5) is 11.2. The first-order valence-corrected chi connectivity index (χ1v) is 4.62. The van der Waals surface area contributed by atoms with Crippen molar-refractivity contribution in [2.24, 2.45) is 10.9 Å². The number of rotatable bonds is 3. The van der Waals surface area contributed by atoms with Gasteiger partial charge in [-0.2, -0.15) is 0 Å². The topological polar surface area (TPSA) is 87.7 Å². The first-order valence-electron chi connectivity index (χ1n) is 4.24. The lowest BCUT2D eigenvalue weighted by molar-refractivity contribution is -0.115. The molecule has 0 spiro atoms. The zero-order valence-electron chi connectivity index (χ0n) is 8.08. The van der Waals surface area contributed by atoms with Gasteiger partial charge in [-0.3, -0.25) is 4.79 Å². The highest BCUT2D eigenvalue weighted by Gasteiger charge is 2.07. The summed E-state index contributed by atoms with van der Waals surface area (Å²) >= 11 is 5.46. The van der Waals surface area contributed by atoms with Crippen LogP contribution < -0.4 is 11.1 Å². The predicted molar refractivity (Wildman–Crippen MR) is 58.1 cm³/mol. The van der Waals surface area contributed by atoms with E-state index in [0.29, 0.717) is 0 Å². The molecule has 0 heterocycles. The first kappa shape index (κ1) is 12.3. The van der Waals surface area contributed by atoms with Gasteiger partial charge in [-0.05, 0) is 18.2 Å². The summed E-state index contributed by atoms with van der Waals surface area (Å²) in [6.45, 7) is 0. The molecule has 0 radical (unpaired) electrons. The molecule has 4 N–H and O–H groups in total. The van der Waals surface area contributed by atoms with Crippen LogP contribution in [0.3, 0.4) is 0 Å². The highest BCUT2D eigenvalue weighted by atomic mass is 35.5. The summed E-state index contributed by atoms with van der Waals surface area (Å²) in [6, 6.07) is 3.83. The molecule has 0 atom stereocenters. The lowest BCUT2D eigenvalue weighted by Gasteiger charge is -2.04. The van der Waals surface area contributed by atoms with Crippen LogP contribution in [-0.4, -0.2) is 17.0 Å². The van der Waals surface area contributed by atoms with E-state index in [2.05, 4.69) is 10.5 Å². The van der Waals surface area contributed by atoms with Crippen LogP contribution in [0.4, 0.5) is 10.1 Å².